The molecule has 2 aliphatic heterocycles. The van der Waals surface area contributed by atoms with E-state index in [4.69, 9.17) is 4.43 Å². The number of rotatable bonds is 6. The van der Waals surface area contributed by atoms with Crippen LogP contribution in [0.15, 0.2) is 58.2 Å². The second-order valence-electron chi connectivity index (χ2n) is 19.3. The number of hydrogen-bond acceptors (Lipinski definition) is 3. The Labute approximate surface area is 290 Å². The van der Waals surface area contributed by atoms with Crippen molar-refractivity contribution in [3.63, 3.8) is 0 Å². The zero-order valence-electron chi connectivity index (χ0n) is 31.7. The summed E-state index contributed by atoms with van der Waals surface area (Å²) in [5, 5.41) is 1.22. The molecule has 0 saturated heterocycles. The Morgan fingerprint density at radius 1 is 0.854 bits per heavy atom. The van der Waals surface area contributed by atoms with Crippen molar-refractivity contribution in [2.24, 2.45) is 46.3 Å². The lowest BCUT2D eigenvalue weighted by Gasteiger charge is -2.72. The van der Waals surface area contributed by atoms with E-state index in [1.54, 1.807) is 0 Å². The van der Waals surface area contributed by atoms with E-state index in [0.717, 1.165) is 32.1 Å². The van der Waals surface area contributed by atoms with E-state index >= 15 is 9.59 Å². The topological polar surface area (TPSA) is 53.2 Å². The van der Waals surface area contributed by atoms with Gasteiger partial charge in [-0.05, 0) is 110 Å². The number of benzene rings is 1. The fourth-order valence-corrected chi connectivity index (χ4v) is 13.1. The van der Waals surface area contributed by atoms with E-state index in [1.165, 1.54) is 12.8 Å². The van der Waals surface area contributed by atoms with Crippen molar-refractivity contribution in [1.82, 2.24) is 9.36 Å². The van der Waals surface area contributed by atoms with Gasteiger partial charge in [0.2, 0.25) is 0 Å². The third-order valence-electron chi connectivity index (χ3n) is 15.8. The second kappa shape index (κ2) is 10.9. The molecule has 0 N–H and O–H groups in total. The molecule has 2 bridgehead atoms. The molecule has 5 nitrogen and oxygen atoms in total. The first kappa shape index (κ1) is 34.3. The monoisotopic (exact) mass is 670 g/mol. The largest absolute Gasteiger partial charge is 0.414 e. The van der Waals surface area contributed by atoms with Gasteiger partial charge < -0.3 is 4.43 Å². The van der Waals surface area contributed by atoms with Crippen LogP contribution >= 0.6 is 0 Å². The van der Waals surface area contributed by atoms with Crippen LogP contribution in [0.2, 0.25) is 18.1 Å². The van der Waals surface area contributed by atoms with Gasteiger partial charge >= 0.3 is 0 Å². The Hall–Kier alpha value is -2.18. The van der Waals surface area contributed by atoms with Gasteiger partial charge in [-0.1, -0.05) is 98.8 Å². The van der Waals surface area contributed by atoms with Crippen LogP contribution in [-0.2, 0) is 15.5 Å². The minimum atomic E-state index is -2.05. The minimum absolute atomic E-state index is 0.00706. The molecule has 48 heavy (non-hydrogen) atoms. The molecule has 8 rings (SSSR count). The van der Waals surface area contributed by atoms with Crippen LogP contribution in [0.3, 0.4) is 0 Å². The SMILES string of the molecule is CC(C)[C@@H](C)/C=C/[C@@H](C)[C@H]1CC[C@@H]2[C@]1(C)CC[C@H]1[C@]23C=C[C@]2(C[C@@H](O[Si](C)(C)C(C)(C)C)CC[C@]12C)n1c(=O)c2ccccc2c(=O)n13. The molecule has 1 aromatic heterocycles. The molecular weight excluding hydrogens is 609 g/mol. The average Bonchev–Trinajstić information content (AvgIpc) is 3.38. The van der Waals surface area contributed by atoms with Crippen LogP contribution in [0.4, 0.5) is 0 Å². The molecule has 262 valence electrons. The van der Waals surface area contributed by atoms with Crippen LogP contribution in [0, 0.1) is 46.3 Å². The Kier molecular flexibility index (Phi) is 7.79. The van der Waals surface area contributed by atoms with Crippen molar-refractivity contribution >= 4 is 19.1 Å². The van der Waals surface area contributed by atoms with Crippen molar-refractivity contribution in [1.29, 1.82) is 0 Å². The van der Waals surface area contributed by atoms with Crippen molar-refractivity contribution < 1.29 is 4.43 Å². The minimum Gasteiger partial charge on any atom is -0.414 e. The number of allylic oxidation sites excluding steroid dienone is 4. The van der Waals surface area contributed by atoms with Crippen LogP contribution in [-0.4, -0.2) is 23.8 Å². The molecule has 2 aromatic rings. The summed E-state index contributed by atoms with van der Waals surface area (Å²) in [6.07, 6.45) is 17.2. The fraction of sp³-hybridized carbons (Fsp3) is 0.714. The summed E-state index contributed by atoms with van der Waals surface area (Å²) >= 11 is 0. The lowest BCUT2D eigenvalue weighted by molar-refractivity contribution is -0.200. The van der Waals surface area contributed by atoms with Gasteiger partial charge in [0.05, 0.1) is 21.9 Å². The highest BCUT2D eigenvalue weighted by atomic mass is 28.4. The van der Waals surface area contributed by atoms with Crippen molar-refractivity contribution in [2.45, 2.75) is 143 Å². The van der Waals surface area contributed by atoms with Gasteiger partial charge in [-0.3, -0.25) is 9.59 Å². The number of fused-ring (bicyclic) bond motifs is 2. The second-order valence-corrected chi connectivity index (χ2v) is 24.0. The van der Waals surface area contributed by atoms with Crippen LogP contribution in [0.5, 0.6) is 0 Å². The van der Waals surface area contributed by atoms with E-state index < -0.39 is 19.4 Å². The van der Waals surface area contributed by atoms with E-state index in [0.29, 0.717) is 46.3 Å². The van der Waals surface area contributed by atoms with Crippen molar-refractivity contribution in [3.05, 3.63) is 69.3 Å². The Bertz CT molecular complexity index is 1790. The highest BCUT2D eigenvalue weighted by molar-refractivity contribution is 6.74. The van der Waals surface area contributed by atoms with E-state index in [1.807, 2.05) is 28.9 Å². The van der Waals surface area contributed by atoms with E-state index in [9.17, 15) is 0 Å². The predicted octanol–water partition coefficient (Wildman–Crippen LogP) is 9.64. The zero-order chi connectivity index (χ0) is 34.8. The molecule has 6 heteroatoms. The number of nitrogens with zero attached hydrogens (tertiary/aromatic N) is 2. The molecule has 0 amide bonds. The summed E-state index contributed by atoms with van der Waals surface area (Å²) in [5.41, 5.74) is -1.17. The summed E-state index contributed by atoms with van der Waals surface area (Å²) in [7, 11) is -2.05. The molecule has 3 heterocycles. The summed E-state index contributed by atoms with van der Waals surface area (Å²) in [5.74, 6) is 2.80. The van der Waals surface area contributed by atoms with Crippen molar-refractivity contribution in [3.8, 4) is 0 Å². The summed E-state index contributed by atoms with van der Waals surface area (Å²) < 4.78 is 11.3. The molecule has 3 fully saturated rings. The van der Waals surface area contributed by atoms with Gasteiger partial charge in [-0.2, -0.15) is 0 Å². The molecule has 0 radical (unpaired) electrons. The van der Waals surface area contributed by atoms with Gasteiger partial charge in [-0.15, -0.1) is 0 Å². The number of hydrogen-bond donors (Lipinski definition) is 0. The quantitative estimate of drug-likeness (QED) is 0.227. The first-order valence-corrected chi connectivity index (χ1v) is 22.1. The summed E-state index contributed by atoms with van der Waals surface area (Å²) in [6, 6.07) is 7.58. The Morgan fingerprint density at radius 3 is 2.12 bits per heavy atom. The summed E-state index contributed by atoms with van der Waals surface area (Å²) in [4.78, 5) is 30.1. The first-order chi connectivity index (χ1) is 22.4. The average molecular weight is 671 g/mol. The highest BCUT2D eigenvalue weighted by Gasteiger charge is 2.74. The Morgan fingerprint density at radius 2 is 1.50 bits per heavy atom. The lowest BCUT2D eigenvalue weighted by Crippen LogP contribution is -2.78. The van der Waals surface area contributed by atoms with Gasteiger partial charge in [-0.25, -0.2) is 9.36 Å². The van der Waals surface area contributed by atoms with E-state index in [-0.39, 0.29) is 33.1 Å². The molecule has 10 atom stereocenters. The molecular formula is C42H62N2O3Si. The maximum absolute atomic E-state index is 15.1. The third kappa shape index (κ3) is 4.35. The van der Waals surface area contributed by atoms with Gasteiger partial charge in [0.25, 0.3) is 11.1 Å². The highest BCUT2D eigenvalue weighted by Crippen LogP contribution is 2.74. The lowest BCUT2D eigenvalue weighted by atomic mass is 9.40. The van der Waals surface area contributed by atoms with Crippen LogP contribution in [0.25, 0.3) is 10.8 Å². The molecule has 2 spiro atoms. The van der Waals surface area contributed by atoms with E-state index in [2.05, 4.69) is 104 Å². The fourth-order valence-electron chi connectivity index (χ4n) is 11.7. The Balaban J connectivity index is 1.42. The van der Waals surface area contributed by atoms with Gasteiger partial charge in [0, 0.05) is 17.9 Å². The van der Waals surface area contributed by atoms with Gasteiger partial charge in [0.1, 0.15) is 0 Å². The number of aromatic nitrogens is 2. The maximum atomic E-state index is 15.1. The van der Waals surface area contributed by atoms with Crippen molar-refractivity contribution in [2.75, 3.05) is 0 Å². The molecule has 6 aliphatic rings. The zero-order valence-corrected chi connectivity index (χ0v) is 32.7. The van der Waals surface area contributed by atoms with Crippen LogP contribution in [0.1, 0.15) is 107 Å². The predicted molar refractivity (Wildman–Crippen MR) is 201 cm³/mol. The standard InChI is InChI=1S/C42H62N2O3Si/c1-27(2)28(3)16-17-29(4)33-18-19-34-39(33,8)22-21-35-40(9)23-20-30(47-48(10,11)38(5,6)7)26-41(40)24-25-42(34,35)44-37(46)32-15-13-12-14-31(32)36(45)43(41)44/h12-17,24-25,27-30,33-35H,18-23,26H2,1-11H3/b17-16+/t28-,29+,30-,33+,34+,35+,39+,40+,41+,42-/m0/s1. The molecule has 3 saturated carbocycles. The first-order valence-electron chi connectivity index (χ1n) is 19.2. The summed E-state index contributed by atoms with van der Waals surface area (Å²) in [6.45, 7) is 26.0. The molecule has 1 aromatic carbocycles. The van der Waals surface area contributed by atoms with Gasteiger partial charge in [0.15, 0.2) is 8.32 Å². The molecule has 0 unspecified atom stereocenters. The van der Waals surface area contributed by atoms with Crippen LogP contribution < -0.4 is 11.1 Å². The normalized spacial score (nSPS) is 38.6. The smallest absolute Gasteiger partial charge is 0.274 e. The third-order valence-corrected chi connectivity index (χ3v) is 20.3. The maximum Gasteiger partial charge on any atom is 0.274 e. The molecule has 4 aliphatic carbocycles.